The molecule has 1 aliphatic carbocycles. The highest BCUT2D eigenvalue weighted by atomic mass is 35.5. The highest BCUT2D eigenvalue weighted by Crippen LogP contribution is 2.36. The van der Waals surface area contributed by atoms with Gasteiger partial charge < -0.3 is 15.2 Å². The number of halogens is 1. The van der Waals surface area contributed by atoms with Gasteiger partial charge in [-0.3, -0.25) is 4.79 Å². The number of carboxylic acids is 1. The Bertz CT molecular complexity index is 476. The molecule has 98 valence electrons. The van der Waals surface area contributed by atoms with Crippen molar-refractivity contribution in [2.75, 3.05) is 12.4 Å². The Kier molecular flexibility index (Phi) is 3.66. The molecule has 0 aromatic heterocycles. The largest absolute Gasteiger partial charge is 0.495 e. The minimum atomic E-state index is -0.747. The molecule has 0 heterocycles. The van der Waals surface area contributed by atoms with Gasteiger partial charge in [0.2, 0.25) is 0 Å². The third-order valence-electron chi connectivity index (χ3n) is 3.41. The lowest BCUT2D eigenvalue weighted by molar-refractivity contribution is -0.144. The lowest BCUT2D eigenvalue weighted by Gasteiger charge is -2.35. The predicted octanol–water partition coefficient (Wildman–Crippen LogP) is 2.93. The molecule has 2 unspecified atom stereocenters. The molecule has 1 saturated carbocycles. The lowest BCUT2D eigenvalue weighted by Crippen LogP contribution is -2.43. The Morgan fingerprint density at radius 1 is 1.50 bits per heavy atom. The summed E-state index contributed by atoms with van der Waals surface area (Å²) in [5.74, 6) is -0.421. The number of carbonyl (C=O) groups is 1. The zero-order valence-corrected chi connectivity index (χ0v) is 11.1. The van der Waals surface area contributed by atoms with E-state index in [1.54, 1.807) is 13.2 Å². The Labute approximate surface area is 111 Å². The summed E-state index contributed by atoms with van der Waals surface area (Å²) in [6.07, 6.45) is 1.59. The molecular formula is C13H16ClNO3. The summed E-state index contributed by atoms with van der Waals surface area (Å²) in [6.45, 7) is 1.91. The zero-order valence-electron chi connectivity index (χ0n) is 10.4. The van der Waals surface area contributed by atoms with Gasteiger partial charge in [-0.2, -0.15) is 0 Å². The fourth-order valence-electron chi connectivity index (χ4n) is 2.11. The van der Waals surface area contributed by atoms with Crippen molar-refractivity contribution in [3.63, 3.8) is 0 Å². The van der Waals surface area contributed by atoms with Crippen LogP contribution in [0.1, 0.15) is 18.4 Å². The van der Waals surface area contributed by atoms with Crippen LogP contribution in [0.15, 0.2) is 12.1 Å². The van der Waals surface area contributed by atoms with E-state index in [1.165, 1.54) is 0 Å². The van der Waals surface area contributed by atoms with E-state index in [0.717, 1.165) is 24.1 Å². The van der Waals surface area contributed by atoms with Gasteiger partial charge in [0.25, 0.3) is 0 Å². The number of nitrogens with one attached hydrogen (secondary N) is 1. The van der Waals surface area contributed by atoms with Crippen molar-refractivity contribution in [2.24, 2.45) is 5.92 Å². The van der Waals surface area contributed by atoms with E-state index in [2.05, 4.69) is 5.32 Å². The van der Waals surface area contributed by atoms with E-state index < -0.39 is 5.97 Å². The van der Waals surface area contributed by atoms with E-state index in [1.807, 2.05) is 13.0 Å². The molecule has 1 aromatic rings. The molecule has 0 saturated heterocycles. The van der Waals surface area contributed by atoms with Gasteiger partial charge in [0.15, 0.2) is 0 Å². The average molecular weight is 270 g/mol. The third kappa shape index (κ3) is 2.38. The summed E-state index contributed by atoms with van der Waals surface area (Å²) in [6, 6.07) is 3.60. The second kappa shape index (κ2) is 5.06. The fraction of sp³-hybridized carbons (Fsp3) is 0.462. The number of hydrogen-bond acceptors (Lipinski definition) is 3. The molecule has 2 rings (SSSR count). The van der Waals surface area contributed by atoms with Crippen molar-refractivity contribution in [1.82, 2.24) is 0 Å². The summed E-state index contributed by atoms with van der Waals surface area (Å²) < 4.78 is 5.25. The molecule has 0 spiro atoms. The second-order valence-corrected chi connectivity index (χ2v) is 4.98. The SMILES string of the molecule is COc1cc(Cl)c(C)cc1NC1CCC1C(=O)O. The third-order valence-corrected chi connectivity index (χ3v) is 3.82. The molecule has 0 bridgehead atoms. The molecule has 1 aliphatic rings. The number of anilines is 1. The minimum Gasteiger partial charge on any atom is -0.495 e. The lowest BCUT2D eigenvalue weighted by atomic mass is 9.79. The number of carboxylic acid groups (broad SMARTS) is 1. The molecule has 1 fully saturated rings. The maximum Gasteiger partial charge on any atom is 0.308 e. The number of aliphatic carboxylic acids is 1. The molecule has 5 heteroatoms. The summed E-state index contributed by atoms with van der Waals surface area (Å²) in [5.41, 5.74) is 1.74. The topological polar surface area (TPSA) is 58.6 Å². The summed E-state index contributed by atoms with van der Waals surface area (Å²) in [4.78, 5) is 11.0. The Balaban J connectivity index is 2.18. The first-order valence-corrected chi connectivity index (χ1v) is 6.24. The van der Waals surface area contributed by atoms with Gasteiger partial charge >= 0.3 is 5.97 Å². The Morgan fingerprint density at radius 2 is 2.22 bits per heavy atom. The summed E-state index contributed by atoms with van der Waals surface area (Å²) in [5, 5.41) is 12.9. The van der Waals surface area contributed by atoms with Gasteiger partial charge in [-0.1, -0.05) is 11.6 Å². The van der Waals surface area contributed by atoms with Crippen LogP contribution in [0, 0.1) is 12.8 Å². The van der Waals surface area contributed by atoms with Crippen molar-refractivity contribution in [3.8, 4) is 5.75 Å². The Hall–Kier alpha value is -1.42. The summed E-state index contributed by atoms with van der Waals surface area (Å²) in [7, 11) is 1.57. The number of rotatable bonds is 4. The van der Waals surface area contributed by atoms with E-state index >= 15 is 0 Å². The zero-order chi connectivity index (χ0) is 13.3. The van der Waals surface area contributed by atoms with E-state index in [9.17, 15) is 4.79 Å². The van der Waals surface area contributed by atoms with Crippen LogP contribution in [-0.4, -0.2) is 24.2 Å². The van der Waals surface area contributed by atoms with Crippen LogP contribution in [0.2, 0.25) is 5.02 Å². The van der Waals surface area contributed by atoms with Crippen LogP contribution in [0.5, 0.6) is 5.75 Å². The van der Waals surface area contributed by atoms with Crippen LogP contribution in [-0.2, 0) is 4.79 Å². The van der Waals surface area contributed by atoms with Gasteiger partial charge in [0.1, 0.15) is 5.75 Å². The maximum absolute atomic E-state index is 11.0. The van der Waals surface area contributed by atoms with Gasteiger partial charge in [-0.05, 0) is 31.4 Å². The van der Waals surface area contributed by atoms with Crippen LogP contribution >= 0.6 is 11.6 Å². The first-order valence-electron chi connectivity index (χ1n) is 5.86. The molecule has 2 N–H and O–H groups in total. The molecule has 0 radical (unpaired) electrons. The van der Waals surface area contributed by atoms with Gasteiger partial charge in [-0.15, -0.1) is 0 Å². The average Bonchev–Trinajstić information content (AvgIpc) is 2.27. The molecule has 18 heavy (non-hydrogen) atoms. The van der Waals surface area contributed by atoms with Gasteiger partial charge in [-0.25, -0.2) is 0 Å². The fourth-order valence-corrected chi connectivity index (χ4v) is 2.27. The first kappa shape index (κ1) is 13.0. The van der Waals surface area contributed by atoms with Crippen molar-refractivity contribution in [2.45, 2.75) is 25.8 Å². The normalized spacial score (nSPS) is 22.2. The number of hydrogen-bond donors (Lipinski definition) is 2. The number of methoxy groups -OCH3 is 1. The highest BCUT2D eigenvalue weighted by molar-refractivity contribution is 6.31. The number of benzene rings is 1. The van der Waals surface area contributed by atoms with E-state index in [-0.39, 0.29) is 12.0 Å². The molecular weight excluding hydrogens is 254 g/mol. The minimum absolute atomic E-state index is 0.0306. The molecule has 4 nitrogen and oxygen atoms in total. The van der Waals surface area contributed by atoms with Crippen LogP contribution in [0.3, 0.4) is 0 Å². The molecule has 0 aliphatic heterocycles. The van der Waals surface area contributed by atoms with Crippen LogP contribution in [0.4, 0.5) is 5.69 Å². The van der Waals surface area contributed by atoms with E-state index in [0.29, 0.717) is 10.8 Å². The summed E-state index contributed by atoms with van der Waals surface area (Å²) >= 11 is 6.03. The highest BCUT2D eigenvalue weighted by Gasteiger charge is 2.36. The first-order chi connectivity index (χ1) is 8.52. The van der Waals surface area contributed by atoms with E-state index in [4.69, 9.17) is 21.4 Å². The second-order valence-electron chi connectivity index (χ2n) is 4.57. The quantitative estimate of drug-likeness (QED) is 0.882. The van der Waals surface area contributed by atoms with Crippen molar-refractivity contribution in [3.05, 3.63) is 22.7 Å². The number of aryl methyl sites for hydroxylation is 1. The molecule has 0 amide bonds. The van der Waals surface area contributed by atoms with Crippen molar-refractivity contribution >= 4 is 23.3 Å². The predicted molar refractivity (Wildman–Crippen MR) is 70.5 cm³/mol. The molecule has 2 atom stereocenters. The van der Waals surface area contributed by atoms with Gasteiger partial charge in [0.05, 0.1) is 18.7 Å². The van der Waals surface area contributed by atoms with Crippen molar-refractivity contribution in [1.29, 1.82) is 0 Å². The monoisotopic (exact) mass is 269 g/mol. The molecule has 1 aromatic carbocycles. The maximum atomic E-state index is 11.0. The van der Waals surface area contributed by atoms with Gasteiger partial charge in [0, 0.05) is 17.1 Å². The van der Waals surface area contributed by atoms with Crippen LogP contribution < -0.4 is 10.1 Å². The smallest absolute Gasteiger partial charge is 0.308 e. The van der Waals surface area contributed by atoms with Crippen molar-refractivity contribution < 1.29 is 14.6 Å². The number of ether oxygens (including phenoxy) is 1. The Morgan fingerprint density at radius 3 is 2.72 bits per heavy atom. The van der Waals surface area contributed by atoms with Crippen LogP contribution in [0.25, 0.3) is 0 Å². The standard InChI is InChI=1S/C13H16ClNO3/c1-7-5-11(12(18-2)6-9(7)14)15-10-4-3-8(10)13(16)17/h5-6,8,10,15H,3-4H2,1-2H3,(H,16,17).